The minimum atomic E-state index is 0.202. The molecule has 0 bridgehead atoms. The molecule has 0 spiro atoms. The van der Waals surface area contributed by atoms with Crippen molar-refractivity contribution in [2.24, 2.45) is 5.92 Å². The molecule has 0 saturated carbocycles. The van der Waals surface area contributed by atoms with Gasteiger partial charge in [-0.1, -0.05) is 20.3 Å². The van der Waals surface area contributed by atoms with Crippen LogP contribution in [0.2, 0.25) is 0 Å². The lowest BCUT2D eigenvalue weighted by Crippen LogP contribution is -2.41. The van der Waals surface area contributed by atoms with Gasteiger partial charge in [-0.2, -0.15) is 0 Å². The van der Waals surface area contributed by atoms with Crippen LogP contribution in [0.3, 0.4) is 0 Å². The number of amides is 1. The molecule has 2 atom stereocenters. The van der Waals surface area contributed by atoms with Gasteiger partial charge in [0.1, 0.15) is 0 Å². The van der Waals surface area contributed by atoms with Crippen molar-refractivity contribution >= 4 is 5.91 Å². The summed E-state index contributed by atoms with van der Waals surface area (Å²) < 4.78 is 0. The number of nitrogens with one attached hydrogen (secondary N) is 2. The van der Waals surface area contributed by atoms with Crippen LogP contribution in [0.4, 0.5) is 0 Å². The first-order valence-corrected chi connectivity index (χ1v) is 8.15. The minimum absolute atomic E-state index is 0.202. The Morgan fingerprint density at radius 2 is 2.10 bits per heavy atom. The normalized spacial score (nSPS) is 21.2. The fourth-order valence-corrected chi connectivity index (χ4v) is 2.82. The number of nitrogens with zero attached hydrogens (tertiary/aromatic N) is 1. The van der Waals surface area contributed by atoms with Crippen LogP contribution < -0.4 is 10.6 Å². The van der Waals surface area contributed by atoms with Crippen LogP contribution in [0, 0.1) is 5.92 Å². The monoisotopic (exact) mass is 283 g/mol. The van der Waals surface area contributed by atoms with Crippen LogP contribution in [0.1, 0.15) is 52.4 Å². The summed E-state index contributed by atoms with van der Waals surface area (Å²) >= 11 is 0. The molecule has 0 radical (unpaired) electrons. The van der Waals surface area contributed by atoms with Crippen molar-refractivity contribution in [3.63, 3.8) is 0 Å². The second-order valence-electron chi connectivity index (χ2n) is 6.74. The van der Waals surface area contributed by atoms with E-state index in [0.717, 1.165) is 25.9 Å². The maximum Gasteiger partial charge on any atom is 0.220 e. The Morgan fingerprint density at radius 3 is 2.65 bits per heavy atom. The third-order valence-corrected chi connectivity index (χ3v) is 4.14. The van der Waals surface area contributed by atoms with Crippen molar-refractivity contribution in [3.8, 4) is 0 Å². The van der Waals surface area contributed by atoms with E-state index in [-0.39, 0.29) is 5.91 Å². The lowest BCUT2D eigenvalue weighted by molar-refractivity contribution is -0.121. The molecule has 0 aromatic carbocycles. The highest BCUT2D eigenvalue weighted by atomic mass is 16.1. The van der Waals surface area contributed by atoms with Crippen molar-refractivity contribution in [3.05, 3.63) is 0 Å². The molecule has 2 unspecified atom stereocenters. The van der Waals surface area contributed by atoms with E-state index < -0.39 is 0 Å². The van der Waals surface area contributed by atoms with Gasteiger partial charge in [0.25, 0.3) is 0 Å². The Balaban J connectivity index is 2.19. The summed E-state index contributed by atoms with van der Waals surface area (Å²) in [6.07, 6.45) is 6.55. The molecule has 0 aromatic rings. The third kappa shape index (κ3) is 7.25. The van der Waals surface area contributed by atoms with E-state index in [9.17, 15) is 4.79 Å². The number of likely N-dealkylation sites (N-methyl/N-ethyl adjacent to an activating group) is 1. The SMILES string of the molecule is CC(C)CC(CNC(=O)CCC1CCCCN1)N(C)C. The second-order valence-corrected chi connectivity index (χ2v) is 6.74. The number of rotatable bonds is 8. The summed E-state index contributed by atoms with van der Waals surface area (Å²) in [6.45, 7) is 6.34. The lowest BCUT2D eigenvalue weighted by Gasteiger charge is -2.26. The van der Waals surface area contributed by atoms with E-state index in [2.05, 4.69) is 43.5 Å². The smallest absolute Gasteiger partial charge is 0.220 e. The van der Waals surface area contributed by atoms with Crippen molar-refractivity contribution in [2.45, 2.75) is 64.5 Å². The highest BCUT2D eigenvalue weighted by Gasteiger charge is 2.16. The van der Waals surface area contributed by atoms with Gasteiger partial charge in [0.15, 0.2) is 0 Å². The third-order valence-electron chi connectivity index (χ3n) is 4.14. The summed E-state index contributed by atoms with van der Waals surface area (Å²) in [6, 6.07) is 0.988. The number of carbonyl (C=O) groups excluding carboxylic acids is 1. The minimum Gasteiger partial charge on any atom is -0.355 e. The van der Waals surface area contributed by atoms with Crippen LogP contribution in [-0.2, 0) is 4.79 Å². The maximum absolute atomic E-state index is 11.9. The van der Waals surface area contributed by atoms with E-state index >= 15 is 0 Å². The Bertz CT molecular complexity index is 273. The molecule has 4 nitrogen and oxygen atoms in total. The van der Waals surface area contributed by atoms with Gasteiger partial charge in [0.05, 0.1) is 0 Å². The number of hydrogen-bond donors (Lipinski definition) is 2. The van der Waals surface area contributed by atoms with Crippen LogP contribution in [0.25, 0.3) is 0 Å². The van der Waals surface area contributed by atoms with Gasteiger partial charge in [0.2, 0.25) is 5.91 Å². The van der Waals surface area contributed by atoms with Crippen LogP contribution in [-0.4, -0.2) is 50.1 Å². The molecule has 20 heavy (non-hydrogen) atoms. The van der Waals surface area contributed by atoms with E-state index in [1.165, 1.54) is 19.3 Å². The average Bonchev–Trinajstić information content (AvgIpc) is 2.41. The molecule has 1 fully saturated rings. The van der Waals surface area contributed by atoms with E-state index in [1.54, 1.807) is 0 Å². The van der Waals surface area contributed by atoms with Gasteiger partial charge in [0, 0.05) is 25.0 Å². The predicted molar refractivity (Wildman–Crippen MR) is 84.8 cm³/mol. The number of carbonyl (C=O) groups is 1. The Morgan fingerprint density at radius 1 is 1.35 bits per heavy atom. The molecule has 4 heteroatoms. The zero-order valence-corrected chi connectivity index (χ0v) is 13.7. The van der Waals surface area contributed by atoms with Crippen molar-refractivity contribution < 1.29 is 4.79 Å². The summed E-state index contributed by atoms with van der Waals surface area (Å²) in [5, 5.41) is 6.60. The molecule has 1 aliphatic heterocycles. The summed E-state index contributed by atoms with van der Waals surface area (Å²) in [7, 11) is 4.18. The fraction of sp³-hybridized carbons (Fsp3) is 0.938. The molecule has 1 rings (SSSR count). The van der Waals surface area contributed by atoms with Crippen molar-refractivity contribution in [2.75, 3.05) is 27.2 Å². The standard InChI is InChI=1S/C16H33N3O/c1-13(2)11-15(19(3)4)12-18-16(20)9-8-14-7-5-6-10-17-14/h13-15,17H,5-12H2,1-4H3,(H,18,20). The zero-order chi connectivity index (χ0) is 15.0. The van der Waals surface area contributed by atoms with E-state index in [0.29, 0.717) is 24.4 Å². The predicted octanol–water partition coefficient (Wildman–Crippen LogP) is 2.00. The van der Waals surface area contributed by atoms with E-state index in [4.69, 9.17) is 0 Å². The Labute approximate surface area is 124 Å². The van der Waals surface area contributed by atoms with Crippen LogP contribution in [0.5, 0.6) is 0 Å². The first-order chi connectivity index (χ1) is 9.49. The molecule has 0 aromatic heterocycles. The summed E-state index contributed by atoms with van der Waals surface area (Å²) in [5.74, 6) is 0.860. The second kappa shape index (κ2) is 9.35. The topological polar surface area (TPSA) is 44.4 Å². The van der Waals surface area contributed by atoms with Gasteiger partial charge in [-0.3, -0.25) is 4.79 Å². The molecule has 1 aliphatic rings. The van der Waals surface area contributed by atoms with Gasteiger partial charge in [-0.15, -0.1) is 0 Å². The van der Waals surface area contributed by atoms with Crippen molar-refractivity contribution in [1.82, 2.24) is 15.5 Å². The Hall–Kier alpha value is -0.610. The summed E-state index contributed by atoms with van der Waals surface area (Å²) in [5.41, 5.74) is 0. The number of piperidine rings is 1. The highest BCUT2D eigenvalue weighted by molar-refractivity contribution is 5.75. The largest absolute Gasteiger partial charge is 0.355 e. The molecular formula is C16H33N3O. The average molecular weight is 283 g/mol. The Kier molecular flexibility index (Phi) is 8.15. The lowest BCUT2D eigenvalue weighted by atomic mass is 10.00. The van der Waals surface area contributed by atoms with Crippen LogP contribution >= 0.6 is 0 Å². The van der Waals surface area contributed by atoms with Crippen molar-refractivity contribution in [1.29, 1.82) is 0 Å². The molecule has 0 aliphatic carbocycles. The number of hydrogen-bond acceptors (Lipinski definition) is 3. The molecule has 1 heterocycles. The van der Waals surface area contributed by atoms with Gasteiger partial charge >= 0.3 is 0 Å². The zero-order valence-electron chi connectivity index (χ0n) is 13.7. The van der Waals surface area contributed by atoms with Gasteiger partial charge in [-0.25, -0.2) is 0 Å². The first kappa shape index (κ1) is 17.4. The highest BCUT2D eigenvalue weighted by Crippen LogP contribution is 2.12. The van der Waals surface area contributed by atoms with Gasteiger partial charge < -0.3 is 15.5 Å². The molecule has 118 valence electrons. The van der Waals surface area contributed by atoms with E-state index in [1.807, 2.05) is 0 Å². The maximum atomic E-state index is 11.9. The fourth-order valence-electron chi connectivity index (χ4n) is 2.82. The quantitative estimate of drug-likeness (QED) is 0.716. The molecule has 1 amide bonds. The first-order valence-electron chi connectivity index (χ1n) is 8.15. The van der Waals surface area contributed by atoms with Gasteiger partial charge in [-0.05, 0) is 52.2 Å². The molecular weight excluding hydrogens is 250 g/mol. The summed E-state index contributed by atoms with van der Waals surface area (Å²) in [4.78, 5) is 14.2. The molecule has 1 saturated heterocycles. The van der Waals surface area contributed by atoms with Crippen LogP contribution in [0.15, 0.2) is 0 Å². The molecule has 2 N–H and O–H groups in total.